The van der Waals surface area contributed by atoms with E-state index in [0.717, 1.165) is 10.0 Å². The van der Waals surface area contributed by atoms with Crippen LogP contribution in [0.3, 0.4) is 0 Å². The second kappa shape index (κ2) is 6.83. The highest BCUT2D eigenvalue weighted by molar-refractivity contribution is 9.10. The molecule has 3 nitrogen and oxygen atoms in total. The van der Waals surface area contributed by atoms with Gasteiger partial charge in [0, 0.05) is 22.6 Å². The summed E-state index contributed by atoms with van der Waals surface area (Å²) < 4.78 is 14.7. The number of carbonyl (C=O) groups is 1. The number of hydrogen-bond acceptors (Lipinski definition) is 2. The molecule has 0 saturated heterocycles. The number of benzene rings is 2. The monoisotopic (exact) mass is 351 g/mol. The highest BCUT2D eigenvalue weighted by atomic mass is 79.9. The lowest BCUT2D eigenvalue weighted by Crippen LogP contribution is -2.19. The SMILES string of the molecule is CC(NCc1cc(C(=O)O)ccc1F)c1ccc(Br)cc1. The summed E-state index contributed by atoms with van der Waals surface area (Å²) in [7, 11) is 0. The quantitative estimate of drug-likeness (QED) is 0.851. The molecule has 110 valence electrons. The molecule has 0 heterocycles. The summed E-state index contributed by atoms with van der Waals surface area (Å²) in [6, 6.07) is 11.7. The fourth-order valence-electron chi connectivity index (χ4n) is 1.98. The number of aromatic carboxylic acids is 1. The van der Waals surface area contributed by atoms with Gasteiger partial charge in [0.1, 0.15) is 5.82 Å². The van der Waals surface area contributed by atoms with Gasteiger partial charge < -0.3 is 10.4 Å². The van der Waals surface area contributed by atoms with E-state index in [4.69, 9.17) is 5.11 Å². The topological polar surface area (TPSA) is 49.3 Å². The third kappa shape index (κ3) is 4.12. The molecule has 2 N–H and O–H groups in total. The average Bonchev–Trinajstić information content (AvgIpc) is 2.46. The molecular weight excluding hydrogens is 337 g/mol. The first-order valence-electron chi connectivity index (χ1n) is 6.48. The maximum Gasteiger partial charge on any atom is 0.335 e. The van der Waals surface area contributed by atoms with Crippen molar-refractivity contribution in [2.75, 3.05) is 0 Å². The van der Waals surface area contributed by atoms with Gasteiger partial charge in [-0.1, -0.05) is 28.1 Å². The Morgan fingerprint density at radius 3 is 2.57 bits per heavy atom. The highest BCUT2D eigenvalue weighted by Gasteiger charge is 2.10. The van der Waals surface area contributed by atoms with Gasteiger partial charge in [0.15, 0.2) is 0 Å². The molecule has 2 aromatic carbocycles. The molecule has 0 aliphatic heterocycles. The van der Waals surface area contributed by atoms with Crippen molar-refractivity contribution in [3.8, 4) is 0 Å². The van der Waals surface area contributed by atoms with Gasteiger partial charge in [0.05, 0.1) is 5.56 Å². The molecule has 0 spiro atoms. The Morgan fingerprint density at radius 1 is 1.29 bits per heavy atom. The van der Waals surface area contributed by atoms with Gasteiger partial charge >= 0.3 is 5.97 Å². The predicted molar refractivity (Wildman–Crippen MR) is 82.8 cm³/mol. The van der Waals surface area contributed by atoms with Gasteiger partial charge in [-0.05, 0) is 42.8 Å². The van der Waals surface area contributed by atoms with Crippen molar-refractivity contribution >= 4 is 21.9 Å². The van der Waals surface area contributed by atoms with E-state index in [1.54, 1.807) is 0 Å². The van der Waals surface area contributed by atoms with Crippen LogP contribution >= 0.6 is 15.9 Å². The molecule has 1 atom stereocenters. The van der Waals surface area contributed by atoms with Gasteiger partial charge in [0.2, 0.25) is 0 Å². The van der Waals surface area contributed by atoms with Gasteiger partial charge in [-0.25, -0.2) is 9.18 Å². The van der Waals surface area contributed by atoms with E-state index in [1.165, 1.54) is 18.2 Å². The van der Waals surface area contributed by atoms with E-state index in [1.807, 2.05) is 31.2 Å². The zero-order valence-electron chi connectivity index (χ0n) is 11.4. The van der Waals surface area contributed by atoms with Crippen LogP contribution in [0.2, 0.25) is 0 Å². The summed E-state index contributed by atoms with van der Waals surface area (Å²) >= 11 is 3.38. The van der Waals surface area contributed by atoms with Crippen LogP contribution in [0.5, 0.6) is 0 Å². The summed E-state index contributed by atoms with van der Waals surface area (Å²) in [4.78, 5) is 10.9. The minimum Gasteiger partial charge on any atom is -0.478 e. The van der Waals surface area contributed by atoms with Crippen molar-refractivity contribution in [2.45, 2.75) is 19.5 Å². The summed E-state index contributed by atoms with van der Waals surface area (Å²) in [5.41, 5.74) is 1.51. The Kier molecular flexibility index (Phi) is 5.09. The Balaban J connectivity index is 2.07. The minimum atomic E-state index is -1.06. The van der Waals surface area contributed by atoms with E-state index in [9.17, 15) is 9.18 Å². The van der Waals surface area contributed by atoms with Crippen LogP contribution in [0.4, 0.5) is 4.39 Å². The molecule has 0 aliphatic carbocycles. The molecule has 0 aromatic heterocycles. The molecule has 0 amide bonds. The van der Waals surface area contributed by atoms with E-state index < -0.39 is 11.8 Å². The van der Waals surface area contributed by atoms with Crippen LogP contribution in [-0.4, -0.2) is 11.1 Å². The number of carboxylic acids is 1. The van der Waals surface area contributed by atoms with Gasteiger partial charge in [-0.2, -0.15) is 0 Å². The minimum absolute atomic E-state index is 0.0333. The molecule has 1 unspecified atom stereocenters. The molecule has 0 saturated carbocycles. The number of carboxylic acid groups (broad SMARTS) is 1. The first kappa shape index (κ1) is 15.7. The molecule has 2 rings (SSSR count). The summed E-state index contributed by atoms with van der Waals surface area (Å²) in [6.45, 7) is 2.24. The standard InChI is InChI=1S/C16H15BrFNO2/c1-10(11-2-5-14(17)6-3-11)19-9-13-8-12(16(20)21)4-7-15(13)18/h2-8,10,19H,9H2,1H3,(H,20,21). The van der Waals surface area contributed by atoms with E-state index >= 15 is 0 Å². The summed E-state index contributed by atoms with van der Waals surface area (Å²) in [6.07, 6.45) is 0. The highest BCUT2D eigenvalue weighted by Crippen LogP contribution is 2.18. The van der Waals surface area contributed by atoms with E-state index in [-0.39, 0.29) is 18.2 Å². The number of hydrogen-bond donors (Lipinski definition) is 2. The molecular formula is C16H15BrFNO2. The maximum atomic E-state index is 13.7. The fraction of sp³-hybridized carbons (Fsp3) is 0.188. The molecule has 0 radical (unpaired) electrons. The predicted octanol–water partition coefficient (Wildman–Crippen LogP) is 4.14. The van der Waals surface area contributed by atoms with Crippen LogP contribution in [0.25, 0.3) is 0 Å². The number of halogens is 2. The lowest BCUT2D eigenvalue weighted by Gasteiger charge is -2.15. The summed E-state index contributed by atoms with van der Waals surface area (Å²) in [5, 5.41) is 12.1. The lowest BCUT2D eigenvalue weighted by molar-refractivity contribution is 0.0696. The third-order valence-electron chi connectivity index (χ3n) is 3.26. The fourth-order valence-corrected chi connectivity index (χ4v) is 2.24. The van der Waals surface area contributed by atoms with Crippen molar-refractivity contribution in [3.63, 3.8) is 0 Å². The van der Waals surface area contributed by atoms with E-state index in [2.05, 4.69) is 21.2 Å². The number of nitrogens with one attached hydrogen (secondary N) is 1. The molecule has 21 heavy (non-hydrogen) atoms. The molecule has 2 aromatic rings. The Bertz CT molecular complexity index is 643. The largest absolute Gasteiger partial charge is 0.478 e. The lowest BCUT2D eigenvalue weighted by atomic mass is 10.1. The van der Waals surface area contributed by atoms with Crippen molar-refractivity contribution in [1.82, 2.24) is 5.32 Å². The van der Waals surface area contributed by atoms with Gasteiger partial charge in [-0.15, -0.1) is 0 Å². The van der Waals surface area contributed by atoms with Gasteiger partial charge in [0.25, 0.3) is 0 Å². The van der Waals surface area contributed by atoms with Crippen LogP contribution in [0.1, 0.15) is 34.5 Å². The second-order valence-corrected chi connectivity index (χ2v) is 5.68. The third-order valence-corrected chi connectivity index (χ3v) is 3.79. The summed E-state index contributed by atoms with van der Waals surface area (Å²) in [5.74, 6) is -1.47. The van der Waals surface area contributed by atoms with Crippen LogP contribution in [-0.2, 0) is 6.54 Å². The van der Waals surface area contributed by atoms with Crippen molar-refractivity contribution < 1.29 is 14.3 Å². The molecule has 0 fully saturated rings. The van der Waals surface area contributed by atoms with Crippen LogP contribution in [0, 0.1) is 5.82 Å². The van der Waals surface area contributed by atoms with Crippen molar-refractivity contribution in [1.29, 1.82) is 0 Å². The van der Waals surface area contributed by atoms with E-state index in [0.29, 0.717) is 5.56 Å². The van der Waals surface area contributed by atoms with Crippen molar-refractivity contribution in [2.24, 2.45) is 0 Å². The smallest absolute Gasteiger partial charge is 0.335 e. The molecule has 0 aliphatic rings. The van der Waals surface area contributed by atoms with Gasteiger partial charge in [-0.3, -0.25) is 0 Å². The first-order valence-corrected chi connectivity index (χ1v) is 7.27. The Morgan fingerprint density at radius 2 is 1.95 bits per heavy atom. The molecule has 0 bridgehead atoms. The zero-order valence-corrected chi connectivity index (χ0v) is 13.0. The maximum absolute atomic E-state index is 13.7. The van der Waals surface area contributed by atoms with Crippen molar-refractivity contribution in [3.05, 3.63) is 69.4 Å². The average molecular weight is 352 g/mol. The Labute approximate surface area is 130 Å². The Hall–Kier alpha value is -1.72. The van der Waals surface area contributed by atoms with Crippen LogP contribution in [0.15, 0.2) is 46.9 Å². The molecule has 5 heteroatoms. The first-order chi connectivity index (χ1) is 9.97. The second-order valence-electron chi connectivity index (χ2n) is 4.77. The van der Waals surface area contributed by atoms with Crippen LogP contribution < -0.4 is 5.32 Å². The normalized spacial score (nSPS) is 12.1. The number of rotatable bonds is 5. The zero-order chi connectivity index (χ0) is 15.4.